The molecule has 0 saturated heterocycles. The van der Waals surface area contributed by atoms with Crippen LogP contribution < -0.4 is 4.74 Å². The zero-order valence-electron chi connectivity index (χ0n) is 10.1. The van der Waals surface area contributed by atoms with Gasteiger partial charge in [-0.25, -0.2) is 0 Å². The maximum Gasteiger partial charge on any atom is 0.196 e. The van der Waals surface area contributed by atoms with Crippen molar-refractivity contribution in [1.82, 2.24) is 0 Å². The first-order chi connectivity index (χ1) is 8.72. The number of carbonyl (C=O) groups is 1. The van der Waals surface area contributed by atoms with Crippen molar-refractivity contribution in [3.8, 4) is 11.5 Å². The third-order valence-corrected chi connectivity index (χ3v) is 2.55. The molecule has 2 rings (SSSR count). The van der Waals surface area contributed by atoms with E-state index in [9.17, 15) is 9.90 Å². The zero-order chi connectivity index (χ0) is 13.0. The first-order valence-electron chi connectivity index (χ1n) is 5.78. The Bertz CT molecular complexity index is 547. The van der Waals surface area contributed by atoms with Gasteiger partial charge in [-0.15, -0.1) is 0 Å². The van der Waals surface area contributed by atoms with E-state index in [2.05, 4.69) is 0 Å². The molecule has 0 saturated carbocycles. The van der Waals surface area contributed by atoms with Crippen LogP contribution in [0.25, 0.3) is 0 Å². The molecule has 3 nitrogen and oxygen atoms in total. The van der Waals surface area contributed by atoms with E-state index >= 15 is 0 Å². The van der Waals surface area contributed by atoms with Gasteiger partial charge in [0.05, 0.1) is 12.2 Å². The van der Waals surface area contributed by atoms with E-state index in [4.69, 9.17) is 4.74 Å². The van der Waals surface area contributed by atoms with Gasteiger partial charge in [-0.2, -0.15) is 0 Å². The van der Waals surface area contributed by atoms with Crippen LogP contribution in [0, 0.1) is 0 Å². The minimum atomic E-state index is -0.112. The van der Waals surface area contributed by atoms with Gasteiger partial charge >= 0.3 is 0 Å². The number of aromatic hydroxyl groups is 1. The van der Waals surface area contributed by atoms with E-state index < -0.39 is 0 Å². The molecule has 0 fully saturated rings. The van der Waals surface area contributed by atoms with Crippen molar-refractivity contribution >= 4 is 5.78 Å². The third-order valence-electron chi connectivity index (χ3n) is 2.55. The van der Waals surface area contributed by atoms with Crippen molar-refractivity contribution in [3.05, 3.63) is 59.7 Å². The van der Waals surface area contributed by atoms with Gasteiger partial charge in [0.15, 0.2) is 5.78 Å². The summed E-state index contributed by atoms with van der Waals surface area (Å²) in [6.07, 6.45) is 0. The van der Waals surface area contributed by atoms with E-state index in [0.29, 0.717) is 23.5 Å². The standard InChI is InChI=1S/C15H14O3/c1-2-18-14-10-12(16)8-9-13(14)15(17)11-6-4-3-5-7-11/h3-10,16H,2H2,1H3. The molecular weight excluding hydrogens is 228 g/mol. The predicted molar refractivity (Wildman–Crippen MR) is 69.2 cm³/mol. The van der Waals surface area contributed by atoms with Crippen LogP contribution in [0.2, 0.25) is 0 Å². The largest absolute Gasteiger partial charge is 0.508 e. The van der Waals surface area contributed by atoms with Gasteiger partial charge < -0.3 is 9.84 Å². The van der Waals surface area contributed by atoms with Crippen LogP contribution in [-0.4, -0.2) is 17.5 Å². The first-order valence-corrected chi connectivity index (χ1v) is 5.78. The van der Waals surface area contributed by atoms with Gasteiger partial charge in [0.25, 0.3) is 0 Å². The highest BCUT2D eigenvalue weighted by Gasteiger charge is 2.14. The van der Waals surface area contributed by atoms with Crippen LogP contribution in [0.15, 0.2) is 48.5 Å². The third kappa shape index (κ3) is 2.51. The SMILES string of the molecule is CCOc1cc(O)ccc1C(=O)c1ccccc1. The Kier molecular flexibility index (Phi) is 3.63. The van der Waals surface area contributed by atoms with Crippen LogP contribution in [0.5, 0.6) is 11.5 Å². The Morgan fingerprint density at radius 1 is 1.17 bits per heavy atom. The maximum atomic E-state index is 12.3. The monoisotopic (exact) mass is 242 g/mol. The summed E-state index contributed by atoms with van der Waals surface area (Å²) in [5.41, 5.74) is 1.06. The number of ether oxygens (including phenoxy) is 1. The van der Waals surface area contributed by atoms with E-state index in [0.717, 1.165) is 0 Å². The Morgan fingerprint density at radius 3 is 2.56 bits per heavy atom. The molecule has 0 aliphatic rings. The number of hydrogen-bond donors (Lipinski definition) is 1. The lowest BCUT2D eigenvalue weighted by Crippen LogP contribution is -2.05. The average Bonchev–Trinajstić information content (AvgIpc) is 2.40. The fourth-order valence-electron chi connectivity index (χ4n) is 1.72. The molecule has 3 heteroatoms. The van der Waals surface area contributed by atoms with Crippen LogP contribution in [0.4, 0.5) is 0 Å². The van der Waals surface area contributed by atoms with Crippen molar-refractivity contribution < 1.29 is 14.6 Å². The van der Waals surface area contributed by atoms with Gasteiger partial charge in [0.2, 0.25) is 0 Å². The van der Waals surface area contributed by atoms with Crippen molar-refractivity contribution in [3.63, 3.8) is 0 Å². The lowest BCUT2D eigenvalue weighted by molar-refractivity contribution is 0.103. The number of ketones is 1. The zero-order valence-corrected chi connectivity index (χ0v) is 10.1. The molecule has 0 unspecified atom stereocenters. The van der Waals surface area contributed by atoms with Crippen molar-refractivity contribution in [2.75, 3.05) is 6.61 Å². The normalized spacial score (nSPS) is 10.1. The molecule has 0 aliphatic heterocycles. The molecule has 1 N–H and O–H groups in total. The molecule has 92 valence electrons. The summed E-state index contributed by atoms with van der Waals surface area (Å²) in [5.74, 6) is 0.383. The number of rotatable bonds is 4. The Morgan fingerprint density at radius 2 is 1.89 bits per heavy atom. The molecule has 18 heavy (non-hydrogen) atoms. The van der Waals surface area contributed by atoms with Crippen molar-refractivity contribution in [1.29, 1.82) is 0 Å². The summed E-state index contributed by atoms with van der Waals surface area (Å²) in [4.78, 5) is 12.3. The maximum absolute atomic E-state index is 12.3. The fraction of sp³-hybridized carbons (Fsp3) is 0.133. The highest BCUT2D eigenvalue weighted by molar-refractivity contribution is 6.10. The molecule has 0 heterocycles. The number of carbonyl (C=O) groups excluding carboxylic acids is 1. The quantitative estimate of drug-likeness (QED) is 0.838. The van der Waals surface area contributed by atoms with Crippen LogP contribution >= 0.6 is 0 Å². The molecule has 0 bridgehead atoms. The molecule has 2 aromatic carbocycles. The van der Waals surface area contributed by atoms with Gasteiger partial charge in [0.1, 0.15) is 11.5 Å². The van der Waals surface area contributed by atoms with Crippen molar-refractivity contribution in [2.45, 2.75) is 6.92 Å². The molecule has 0 aromatic heterocycles. The number of benzene rings is 2. The number of phenolic OH excluding ortho intramolecular Hbond substituents is 1. The van der Waals surface area contributed by atoms with E-state index in [1.165, 1.54) is 12.1 Å². The summed E-state index contributed by atoms with van der Waals surface area (Å²) in [6.45, 7) is 2.28. The molecule has 0 radical (unpaired) electrons. The fourth-order valence-corrected chi connectivity index (χ4v) is 1.72. The van der Waals surface area contributed by atoms with Crippen LogP contribution in [0.3, 0.4) is 0 Å². The average molecular weight is 242 g/mol. The first kappa shape index (κ1) is 12.2. The minimum absolute atomic E-state index is 0.0862. The lowest BCUT2D eigenvalue weighted by atomic mass is 10.0. The Balaban J connectivity index is 2.41. The second-order valence-electron chi connectivity index (χ2n) is 3.81. The molecule has 0 atom stereocenters. The van der Waals surface area contributed by atoms with E-state index in [1.54, 1.807) is 18.2 Å². The van der Waals surface area contributed by atoms with Gasteiger partial charge in [0, 0.05) is 11.6 Å². The number of phenols is 1. The highest BCUT2D eigenvalue weighted by Crippen LogP contribution is 2.26. The summed E-state index contributed by atoms with van der Waals surface area (Å²) in [7, 11) is 0. The van der Waals surface area contributed by atoms with Gasteiger partial charge in [-0.1, -0.05) is 30.3 Å². The molecule has 0 spiro atoms. The summed E-state index contributed by atoms with van der Waals surface area (Å²) in [5, 5.41) is 9.43. The topological polar surface area (TPSA) is 46.5 Å². The van der Waals surface area contributed by atoms with Gasteiger partial charge in [-0.3, -0.25) is 4.79 Å². The number of hydrogen-bond acceptors (Lipinski definition) is 3. The van der Waals surface area contributed by atoms with E-state index in [-0.39, 0.29) is 11.5 Å². The van der Waals surface area contributed by atoms with Gasteiger partial charge in [-0.05, 0) is 19.1 Å². The summed E-state index contributed by atoms with van der Waals surface area (Å²) < 4.78 is 5.38. The second-order valence-corrected chi connectivity index (χ2v) is 3.81. The Labute approximate surface area is 106 Å². The summed E-state index contributed by atoms with van der Waals surface area (Å²) >= 11 is 0. The highest BCUT2D eigenvalue weighted by atomic mass is 16.5. The molecule has 0 amide bonds. The Hall–Kier alpha value is -2.29. The van der Waals surface area contributed by atoms with E-state index in [1.807, 2.05) is 25.1 Å². The second kappa shape index (κ2) is 5.36. The van der Waals surface area contributed by atoms with Crippen LogP contribution in [-0.2, 0) is 0 Å². The molecule has 0 aliphatic carbocycles. The smallest absolute Gasteiger partial charge is 0.196 e. The molecular formula is C15H14O3. The molecule has 2 aromatic rings. The summed E-state index contributed by atoms with van der Waals surface area (Å²) in [6, 6.07) is 13.5. The van der Waals surface area contributed by atoms with Crippen molar-refractivity contribution in [2.24, 2.45) is 0 Å². The predicted octanol–water partition coefficient (Wildman–Crippen LogP) is 3.02. The van der Waals surface area contributed by atoms with Crippen LogP contribution in [0.1, 0.15) is 22.8 Å². The minimum Gasteiger partial charge on any atom is -0.508 e. The lowest BCUT2D eigenvalue weighted by Gasteiger charge is -2.09.